The molecule has 0 aromatic heterocycles. The first-order valence-electron chi connectivity index (χ1n) is 4.83. The third-order valence-corrected chi connectivity index (χ3v) is 1.73. The van der Waals surface area contributed by atoms with Crippen LogP contribution in [0.1, 0.15) is 13.8 Å². The van der Waals surface area contributed by atoms with Crippen molar-refractivity contribution in [3.05, 3.63) is 0 Å². The molecule has 5 nitrogen and oxygen atoms in total. The Kier molecular flexibility index (Phi) is 5.94. The summed E-state index contributed by atoms with van der Waals surface area (Å²) < 4.78 is 45.3. The van der Waals surface area contributed by atoms with E-state index < -0.39 is 30.1 Å². The van der Waals surface area contributed by atoms with Crippen LogP contribution in [-0.4, -0.2) is 42.5 Å². The smallest absolute Gasteiger partial charge is 0.415 e. The van der Waals surface area contributed by atoms with Crippen LogP contribution in [0.25, 0.3) is 0 Å². The number of rotatable bonds is 5. The number of hydrogen-bond donors (Lipinski definition) is 1. The van der Waals surface area contributed by atoms with Gasteiger partial charge in [-0.1, -0.05) is 0 Å². The Morgan fingerprint density at radius 1 is 1.12 bits per heavy atom. The Bertz CT molecular complexity index is 258. The molecule has 100 valence electrons. The highest BCUT2D eigenvalue weighted by molar-refractivity contribution is 5.95. The van der Waals surface area contributed by atoms with Crippen LogP contribution in [0.5, 0.6) is 0 Å². The molecule has 0 saturated heterocycles. The van der Waals surface area contributed by atoms with E-state index in [9.17, 15) is 22.8 Å². The summed E-state index contributed by atoms with van der Waals surface area (Å²) in [5, 5.41) is 8.91. The number of ether oxygens (including phenoxy) is 2. The molecule has 0 aliphatic heterocycles. The van der Waals surface area contributed by atoms with E-state index in [-0.39, 0.29) is 13.2 Å². The minimum absolute atomic E-state index is 0.209. The lowest BCUT2D eigenvalue weighted by atomic mass is 10.0. The van der Waals surface area contributed by atoms with Crippen molar-refractivity contribution in [2.75, 3.05) is 13.2 Å². The molecule has 0 aliphatic carbocycles. The zero-order valence-corrected chi connectivity index (χ0v) is 9.28. The van der Waals surface area contributed by atoms with Crippen LogP contribution >= 0.6 is 0 Å². The first kappa shape index (κ1) is 15.7. The normalized spacial score (nSPS) is 13.4. The highest BCUT2D eigenvalue weighted by Gasteiger charge is 2.51. The number of hydrogen-bond acceptors (Lipinski definition) is 5. The maximum atomic E-state index is 12.2. The monoisotopic (exact) mass is 258 g/mol. The molecule has 0 rings (SSSR count). The van der Waals surface area contributed by atoms with Crippen LogP contribution in [0.3, 0.4) is 0 Å². The molecule has 8 heteroatoms. The molecule has 0 radical (unpaired) electrons. The van der Waals surface area contributed by atoms with E-state index in [0.29, 0.717) is 0 Å². The molecule has 0 aliphatic rings. The molecule has 1 unspecified atom stereocenters. The summed E-state index contributed by atoms with van der Waals surface area (Å²) in [6.45, 7) is 2.30. The van der Waals surface area contributed by atoms with E-state index in [1.165, 1.54) is 13.8 Å². The van der Waals surface area contributed by atoms with Crippen molar-refractivity contribution in [2.45, 2.75) is 26.1 Å². The second-order valence-corrected chi connectivity index (χ2v) is 2.97. The molecule has 1 atom stereocenters. The van der Waals surface area contributed by atoms with Crippen molar-refractivity contribution >= 4 is 11.9 Å². The van der Waals surface area contributed by atoms with Gasteiger partial charge >= 0.3 is 18.1 Å². The van der Waals surface area contributed by atoms with Crippen LogP contribution in [-0.2, 0) is 19.1 Å². The third kappa shape index (κ3) is 4.59. The van der Waals surface area contributed by atoms with Crippen molar-refractivity contribution in [1.29, 1.82) is 0 Å². The predicted molar refractivity (Wildman–Crippen MR) is 48.8 cm³/mol. The number of alkyl halides is 3. The van der Waals surface area contributed by atoms with Gasteiger partial charge in [0, 0.05) is 0 Å². The van der Waals surface area contributed by atoms with Gasteiger partial charge in [0.1, 0.15) is 0 Å². The summed E-state index contributed by atoms with van der Waals surface area (Å²) in [5.41, 5.74) is 0. The predicted octanol–water partition coefficient (Wildman–Crippen LogP) is 0.652. The largest absolute Gasteiger partial charge is 0.465 e. The average molecular weight is 258 g/mol. The summed E-state index contributed by atoms with van der Waals surface area (Å²) in [6, 6.07) is 0. The summed E-state index contributed by atoms with van der Waals surface area (Å²) in [6.07, 6.45) is -8.25. The van der Waals surface area contributed by atoms with Crippen LogP contribution in [0.2, 0.25) is 0 Å². The quantitative estimate of drug-likeness (QED) is 0.579. The van der Waals surface area contributed by atoms with Crippen LogP contribution < -0.4 is 0 Å². The van der Waals surface area contributed by atoms with Gasteiger partial charge < -0.3 is 14.6 Å². The van der Waals surface area contributed by atoms with Gasteiger partial charge in [0.2, 0.25) is 0 Å². The van der Waals surface area contributed by atoms with E-state index in [4.69, 9.17) is 5.11 Å². The van der Waals surface area contributed by atoms with E-state index >= 15 is 0 Å². The molecule has 17 heavy (non-hydrogen) atoms. The van der Waals surface area contributed by atoms with E-state index in [0.717, 1.165) is 0 Å². The highest BCUT2D eigenvalue weighted by Crippen LogP contribution is 2.27. The number of aliphatic hydroxyl groups excluding tert-OH is 1. The molecule has 0 spiro atoms. The summed E-state index contributed by atoms with van der Waals surface area (Å²) >= 11 is 0. The zero-order valence-electron chi connectivity index (χ0n) is 9.28. The second kappa shape index (κ2) is 6.43. The summed E-state index contributed by atoms with van der Waals surface area (Å²) in [4.78, 5) is 22.3. The van der Waals surface area contributed by atoms with Crippen LogP contribution in [0.15, 0.2) is 0 Å². The zero-order chi connectivity index (χ0) is 13.6. The maximum absolute atomic E-state index is 12.2. The van der Waals surface area contributed by atoms with Gasteiger partial charge in [0.25, 0.3) is 0 Å². The molecule has 0 aromatic rings. The number of aliphatic hydroxyl groups is 1. The Labute approximate surface area is 95.5 Å². The summed E-state index contributed by atoms with van der Waals surface area (Å²) in [5.74, 6) is -5.33. The SMILES string of the molecule is CCOC(=O)C(C(=O)OCC)C(O)C(F)(F)F. The molecule has 0 heterocycles. The van der Waals surface area contributed by atoms with E-state index in [1.807, 2.05) is 0 Å². The van der Waals surface area contributed by atoms with Crippen molar-refractivity contribution < 1.29 is 37.3 Å². The van der Waals surface area contributed by atoms with Crippen molar-refractivity contribution in [3.63, 3.8) is 0 Å². The molecule has 0 amide bonds. The third-order valence-electron chi connectivity index (χ3n) is 1.73. The molecular weight excluding hydrogens is 245 g/mol. The van der Waals surface area contributed by atoms with Crippen LogP contribution in [0.4, 0.5) is 13.2 Å². The minimum atomic E-state index is -5.11. The fourth-order valence-electron chi connectivity index (χ4n) is 1.01. The van der Waals surface area contributed by atoms with Gasteiger partial charge in [-0.25, -0.2) is 0 Å². The number of halogens is 3. The van der Waals surface area contributed by atoms with Gasteiger partial charge in [-0.3, -0.25) is 9.59 Å². The van der Waals surface area contributed by atoms with Crippen LogP contribution in [0, 0.1) is 5.92 Å². The molecule has 1 N–H and O–H groups in total. The maximum Gasteiger partial charge on any atom is 0.415 e. The van der Waals surface area contributed by atoms with E-state index in [1.54, 1.807) is 0 Å². The standard InChI is InChI=1S/C9H13F3O5/c1-3-16-7(14)5(8(15)17-4-2)6(13)9(10,11)12/h5-6,13H,3-4H2,1-2H3. The topological polar surface area (TPSA) is 72.8 Å². The number of carbonyl (C=O) groups excluding carboxylic acids is 2. The first-order chi connectivity index (χ1) is 7.75. The van der Waals surface area contributed by atoms with Crippen molar-refractivity contribution in [2.24, 2.45) is 5.92 Å². The highest BCUT2D eigenvalue weighted by atomic mass is 19.4. The number of esters is 2. The fourth-order valence-corrected chi connectivity index (χ4v) is 1.01. The van der Waals surface area contributed by atoms with Crippen molar-refractivity contribution in [1.82, 2.24) is 0 Å². The Morgan fingerprint density at radius 2 is 1.47 bits per heavy atom. The number of carbonyl (C=O) groups is 2. The van der Waals surface area contributed by atoms with Crippen molar-refractivity contribution in [3.8, 4) is 0 Å². The van der Waals surface area contributed by atoms with E-state index in [2.05, 4.69) is 9.47 Å². The first-order valence-corrected chi connectivity index (χ1v) is 4.83. The lowest BCUT2D eigenvalue weighted by molar-refractivity contribution is -0.227. The minimum Gasteiger partial charge on any atom is -0.465 e. The second-order valence-electron chi connectivity index (χ2n) is 2.97. The Balaban J connectivity index is 4.97. The van der Waals surface area contributed by atoms with Gasteiger partial charge in [0.15, 0.2) is 12.0 Å². The lowest BCUT2D eigenvalue weighted by Crippen LogP contribution is -2.45. The Morgan fingerprint density at radius 3 is 1.71 bits per heavy atom. The van der Waals surface area contributed by atoms with Gasteiger partial charge in [-0.2, -0.15) is 13.2 Å². The molecule has 0 saturated carbocycles. The average Bonchev–Trinajstić information content (AvgIpc) is 2.17. The van der Waals surface area contributed by atoms with Gasteiger partial charge in [0.05, 0.1) is 13.2 Å². The molecule has 0 fully saturated rings. The lowest BCUT2D eigenvalue weighted by Gasteiger charge is -2.21. The summed E-state index contributed by atoms with van der Waals surface area (Å²) in [7, 11) is 0. The molecular formula is C9H13F3O5. The molecule has 0 bridgehead atoms. The fraction of sp³-hybridized carbons (Fsp3) is 0.778. The van der Waals surface area contributed by atoms with Gasteiger partial charge in [-0.05, 0) is 13.8 Å². The molecule has 0 aromatic carbocycles. The van der Waals surface area contributed by atoms with Gasteiger partial charge in [-0.15, -0.1) is 0 Å². The Hall–Kier alpha value is -1.31.